The van der Waals surface area contributed by atoms with Gasteiger partial charge in [0.1, 0.15) is 11.6 Å². The van der Waals surface area contributed by atoms with Crippen molar-refractivity contribution in [3.63, 3.8) is 0 Å². The van der Waals surface area contributed by atoms with E-state index in [4.69, 9.17) is 4.74 Å². The number of halogens is 1. The lowest BCUT2D eigenvalue weighted by atomic mass is 10.1. The third-order valence-corrected chi connectivity index (χ3v) is 5.74. The number of hydrogen-bond donors (Lipinski definition) is 2. The fourth-order valence-electron chi connectivity index (χ4n) is 4.05. The average Bonchev–Trinajstić information content (AvgIpc) is 3.14. The first-order valence-electron chi connectivity index (χ1n) is 11.1. The number of fused-ring (bicyclic) bond motifs is 1. The second kappa shape index (κ2) is 10.5. The zero-order valence-electron chi connectivity index (χ0n) is 18.8. The number of aliphatic imine (C=N–C) groups is 1. The van der Waals surface area contributed by atoms with Crippen LogP contribution in [-0.4, -0.2) is 55.4 Å². The van der Waals surface area contributed by atoms with Gasteiger partial charge in [0, 0.05) is 39.8 Å². The predicted molar refractivity (Wildman–Crippen MR) is 127 cm³/mol. The molecule has 8 heteroatoms. The van der Waals surface area contributed by atoms with Gasteiger partial charge in [0.15, 0.2) is 5.96 Å². The van der Waals surface area contributed by atoms with Gasteiger partial charge >= 0.3 is 0 Å². The van der Waals surface area contributed by atoms with Crippen molar-refractivity contribution in [3.8, 4) is 0 Å². The molecule has 0 saturated carbocycles. The number of morpholine rings is 1. The molecule has 0 atom stereocenters. The number of hydrogen-bond acceptors (Lipinski definition) is 4. The molecule has 1 aliphatic heterocycles. The van der Waals surface area contributed by atoms with E-state index < -0.39 is 0 Å². The molecule has 0 spiro atoms. The van der Waals surface area contributed by atoms with E-state index >= 15 is 0 Å². The molecule has 0 bridgehead atoms. The molecule has 2 heterocycles. The summed E-state index contributed by atoms with van der Waals surface area (Å²) in [6, 6.07) is 13.6. The molecule has 0 amide bonds. The van der Waals surface area contributed by atoms with Crippen molar-refractivity contribution >= 4 is 22.7 Å². The standard InChI is InChI=1S/C24H31FN6O/c1-18-29-21-6-3-4-7-23(21)31(18)11-5-10-27-24(26-2)28-17-19-8-9-22(20(25)16-19)30-12-14-32-15-13-30/h3-4,6-9,16H,5,10-15,17H2,1-2H3,(H2,26,27,28). The minimum Gasteiger partial charge on any atom is -0.378 e. The number of ether oxygens (including phenoxy) is 1. The molecule has 0 aliphatic carbocycles. The van der Waals surface area contributed by atoms with Crippen LogP contribution >= 0.6 is 0 Å². The summed E-state index contributed by atoms with van der Waals surface area (Å²) in [6.07, 6.45) is 0.935. The van der Waals surface area contributed by atoms with E-state index in [-0.39, 0.29) is 5.82 Å². The molecule has 0 radical (unpaired) electrons. The van der Waals surface area contributed by atoms with Gasteiger partial charge in [-0.2, -0.15) is 0 Å². The predicted octanol–water partition coefficient (Wildman–Crippen LogP) is 3.08. The van der Waals surface area contributed by atoms with Crippen LogP contribution in [0.15, 0.2) is 47.5 Å². The summed E-state index contributed by atoms with van der Waals surface area (Å²) in [5.74, 6) is 1.53. The highest BCUT2D eigenvalue weighted by Crippen LogP contribution is 2.21. The maximum absolute atomic E-state index is 14.6. The van der Waals surface area contributed by atoms with Crippen molar-refractivity contribution in [2.75, 3.05) is 44.8 Å². The number of nitrogens with one attached hydrogen (secondary N) is 2. The average molecular weight is 439 g/mol. The Balaban J connectivity index is 1.25. The summed E-state index contributed by atoms with van der Waals surface area (Å²) in [5.41, 5.74) is 3.71. The van der Waals surface area contributed by atoms with Crippen LogP contribution in [0.25, 0.3) is 11.0 Å². The van der Waals surface area contributed by atoms with E-state index in [1.54, 1.807) is 13.1 Å². The Morgan fingerprint density at radius 2 is 1.97 bits per heavy atom. The number of imidazole rings is 1. The summed E-state index contributed by atoms with van der Waals surface area (Å²) in [5, 5.41) is 6.60. The number of aromatic nitrogens is 2. The van der Waals surface area contributed by atoms with Gasteiger partial charge in [-0.15, -0.1) is 0 Å². The Labute approximate surface area is 188 Å². The maximum atomic E-state index is 14.6. The van der Waals surface area contributed by atoms with Crippen molar-refractivity contribution in [2.45, 2.75) is 26.4 Å². The molecule has 1 saturated heterocycles. The van der Waals surface area contributed by atoms with Gasteiger partial charge in [-0.3, -0.25) is 4.99 Å². The van der Waals surface area contributed by atoms with Gasteiger partial charge in [-0.1, -0.05) is 18.2 Å². The van der Waals surface area contributed by atoms with Gasteiger partial charge in [-0.25, -0.2) is 9.37 Å². The molecule has 3 aromatic rings. The number of benzene rings is 2. The number of nitrogens with zero attached hydrogens (tertiary/aromatic N) is 4. The monoisotopic (exact) mass is 438 g/mol. The van der Waals surface area contributed by atoms with E-state index in [9.17, 15) is 4.39 Å². The molecular weight excluding hydrogens is 407 g/mol. The molecule has 1 aliphatic rings. The highest BCUT2D eigenvalue weighted by Gasteiger charge is 2.15. The van der Waals surface area contributed by atoms with Crippen LogP contribution in [0.1, 0.15) is 17.8 Å². The Morgan fingerprint density at radius 1 is 1.16 bits per heavy atom. The van der Waals surface area contributed by atoms with E-state index in [1.165, 1.54) is 0 Å². The lowest BCUT2D eigenvalue weighted by molar-refractivity contribution is 0.122. The second-order valence-corrected chi connectivity index (χ2v) is 7.89. The van der Waals surface area contributed by atoms with E-state index in [0.717, 1.165) is 55.0 Å². The molecular formula is C24H31FN6O. The Bertz CT molecular complexity index is 1070. The zero-order valence-corrected chi connectivity index (χ0v) is 18.8. The summed E-state index contributed by atoms with van der Waals surface area (Å²) < 4.78 is 22.2. The molecule has 170 valence electrons. The SMILES string of the molecule is CN=C(NCCCn1c(C)nc2ccccc21)NCc1ccc(N2CCOCC2)c(F)c1. The van der Waals surface area contributed by atoms with Crippen LogP contribution in [0.2, 0.25) is 0 Å². The number of guanidine groups is 1. The van der Waals surface area contributed by atoms with E-state index in [1.807, 2.05) is 42.2 Å². The van der Waals surface area contributed by atoms with Crippen LogP contribution < -0.4 is 15.5 Å². The Hall–Kier alpha value is -3.13. The van der Waals surface area contributed by atoms with Crippen molar-refractivity contribution in [3.05, 3.63) is 59.7 Å². The first-order valence-corrected chi connectivity index (χ1v) is 11.1. The molecule has 4 rings (SSSR count). The van der Waals surface area contributed by atoms with E-state index in [2.05, 4.69) is 31.2 Å². The van der Waals surface area contributed by atoms with Gasteiger partial charge in [0.2, 0.25) is 0 Å². The van der Waals surface area contributed by atoms with Crippen LogP contribution in [0.5, 0.6) is 0 Å². The lowest BCUT2D eigenvalue weighted by Gasteiger charge is -2.29. The largest absolute Gasteiger partial charge is 0.378 e. The van der Waals surface area contributed by atoms with Crippen LogP contribution in [0, 0.1) is 12.7 Å². The summed E-state index contributed by atoms with van der Waals surface area (Å²) in [4.78, 5) is 10.9. The molecule has 2 aromatic carbocycles. The molecule has 2 N–H and O–H groups in total. The highest BCUT2D eigenvalue weighted by atomic mass is 19.1. The highest BCUT2D eigenvalue weighted by molar-refractivity contribution is 5.79. The van der Waals surface area contributed by atoms with Crippen LogP contribution in [0.4, 0.5) is 10.1 Å². The van der Waals surface area contributed by atoms with Gasteiger partial charge in [0.25, 0.3) is 0 Å². The molecule has 0 unspecified atom stereocenters. The topological polar surface area (TPSA) is 66.7 Å². The smallest absolute Gasteiger partial charge is 0.191 e. The number of aryl methyl sites for hydroxylation is 2. The number of rotatable bonds is 7. The van der Waals surface area contributed by atoms with Crippen molar-refractivity contribution < 1.29 is 9.13 Å². The quantitative estimate of drug-likeness (QED) is 0.337. The summed E-state index contributed by atoms with van der Waals surface area (Å²) in [7, 11) is 1.74. The third-order valence-electron chi connectivity index (χ3n) is 5.74. The minimum atomic E-state index is -0.197. The maximum Gasteiger partial charge on any atom is 0.191 e. The second-order valence-electron chi connectivity index (χ2n) is 7.89. The summed E-state index contributed by atoms with van der Waals surface area (Å²) in [6.45, 7) is 6.92. The van der Waals surface area contributed by atoms with Crippen LogP contribution in [0.3, 0.4) is 0 Å². The first kappa shape index (κ1) is 22.1. The van der Waals surface area contributed by atoms with Gasteiger partial charge in [-0.05, 0) is 43.2 Å². The zero-order chi connectivity index (χ0) is 22.3. The van der Waals surface area contributed by atoms with Gasteiger partial charge < -0.3 is 24.8 Å². The first-order chi connectivity index (χ1) is 15.7. The van der Waals surface area contributed by atoms with E-state index in [0.29, 0.717) is 31.4 Å². The Morgan fingerprint density at radius 3 is 2.75 bits per heavy atom. The number of para-hydroxylation sites is 2. The fourth-order valence-corrected chi connectivity index (χ4v) is 4.05. The molecule has 1 fully saturated rings. The van der Waals surface area contributed by atoms with Crippen LogP contribution in [-0.2, 0) is 17.8 Å². The van der Waals surface area contributed by atoms with Gasteiger partial charge in [0.05, 0.1) is 29.9 Å². The minimum absolute atomic E-state index is 0.197. The Kier molecular flexibility index (Phi) is 7.21. The molecule has 7 nitrogen and oxygen atoms in total. The summed E-state index contributed by atoms with van der Waals surface area (Å²) >= 11 is 0. The normalized spacial score (nSPS) is 14.7. The molecule has 32 heavy (non-hydrogen) atoms. The fraction of sp³-hybridized carbons (Fsp3) is 0.417. The van der Waals surface area contributed by atoms with Crippen molar-refractivity contribution in [1.82, 2.24) is 20.2 Å². The third kappa shape index (κ3) is 5.19. The molecule has 1 aromatic heterocycles. The lowest BCUT2D eigenvalue weighted by Crippen LogP contribution is -2.38. The number of anilines is 1. The van der Waals surface area contributed by atoms with Crippen molar-refractivity contribution in [1.29, 1.82) is 0 Å². The van der Waals surface area contributed by atoms with Crippen molar-refractivity contribution in [2.24, 2.45) is 4.99 Å².